The molecule has 4 nitrogen and oxygen atoms in total. The van der Waals surface area contributed by atoms with Crippen LogP contribution in [0.25, 0.3) is 0 Å². The molecule has 0 fully saturated rings. The van der Waals surface area contributed by atoms with Crippen LogP contribution in [0.2, 0.25) is 5.02 Å². The van der Waals surface area contributed by atoms with Gasteiger partial charge >= 0.3 is 0 Å². The van der Waals surface area contributed by atoms with Crippen molar-refractivity contribution in [2.45, 2.75) is 19.8 Å². The Morgan fingerprint density at radius 2 is 2.05 bits per heavy atom. The SMILES string of the molecule is CCCNc1ccc(Cl)cc1C(=O)NCCCN(C)C. The number of carbonyl (C=O) groups excluding carboxylic acids is 1. The van der Waals surface area contributed by atoms with Gasteiger partial charge in [0.15, 0.2) is 0 Å². The maximum Gasteiger partial charge on any atom is 0.253 e. The Balaban J connectivity index is 2.63. The van der Waals surface area contributed by atoms with Crippen LogP contribution in [0, 0.1) is 0 Å². The lowest BCUT2D eigenvalue weighted by molar-refractivity contribution is 0.0953. The third kappa shape index (κ3) is 5.80. The van der Waals surface area contributed by atoms with Gasteiger partial charge in [0, 0.05) is 23.8 Å². The Morgan fingerprint density at radius 1 is 1.30 bits per heavy atom. The van der Waals surface area contributed by atoms with Gasteiger partial charge < -0.3 is 15.5 Å². The summed E-state index contributed by atoms with van der Waals surface area (Å²) in [6.45, 7) is 4.54. The van der Waals surface area contributed by atoms with Gasteiger partial charge in [0.25, 0.3) is 5.91 Å². The molecule has 0 heterocycles. The van der Waals surface area contributed by atoms with Gasteiger partial charge in [-0.15, -0.1) is 0 Å². The minimum Gasteiger partial charge on any atom is -0.384 e. The van der Waals surface area contributed by atoms with Gasteiger partial charge in [-0.3, -0.25) is 4.79 Å². The van der Waals surface area contributed by atoms with E-state index in [0.717, 1.165) is 31.6 Å². The van der Waals surface area contributed by atoms with Crippen molar-refractivity contribution in [2.24, 2.45) is 0 Å². The van der Waals surface area contributed by atoms with Crippen LogP contribution in [0.3, 0.4) is 0 Å². The molecule has 0 spiro atoms. The summed E-state index contributed by atoms with van der Waals surface area (Å²) in [5.41, 5.74) is 1.44. The molecule has 0 atom stereocenters. The minimum atomic E-state index is -0.0788. The van der Waals surface area contributed by atoms with Crippen molar-refractivity contribution in [2.75, 3.05) is 39.0 Å². The number of amides is 1. The Labute approximate surface area is 126 Å². The summed E-state index contributed by atoms with van der Waals surface area (Å²) in [6, 6.07) is 5.36. The molecule has 0 aliphatic rings. The molecule has 1 amide bonds. The Hall–Kier alpha value is -1.26. The Morgan fingerprint density at radius 3 is 2.70 bits per heavy atom. The second kappa shape index (κ2) is 8.82. The second-order valence-corrected chi connectivity index (χ2v) is 5.47. The van der Waals surface area contributed by atoms with Crippen LogP contribution in [0.4, 0.5) is 5.69 Å². The zero-order chi connectivity index (χ0) is 15.0. The number of anilines is 1. The smallest absolute Gasteiger partial charge is 0.253 e. The predicted octanol–water partition coefficient (Wildman–Crippen LogP) is 2.84. The lowest BCUT2D eigenvalue weighted by atomic mass is 10.1. The van der Waals surface area contributed by atoms with E-state index < -0.39 is 0 Å². The summed E-state index contributed by atoms with van der Waals surface area (Å²) in [4.78, 5) is 14.3. The first-order valence-corrected chi connectivity index (χ1v) is 7.38. The highest BCUT2D eigenvalue weighted by atomic mass is 35.5. The summed E-state index contributed by atoms with van der Waals surface area (Å²) in [5.74, 6) is -0.0788. The zero-order valence-corrected chi connectivity index (χ0v) is 13.3. The van der Waals surface area contributed by atoms with Crippen molar-refractivity contribution in [3.8, 4) is 0 Å². The van der Waals surface area contributed by atoms with Crippen LogP contribution in [0.1, 0.15) is 30.1 Å². The van der Waals surface area contributed by atoms with Crippen molar-refractivity contribution < 1.29 is 4.79 Å². The van der Waals surface area contributed by atoms with E-state index in [1.54, 1.807) is 12.1 Å². The van der Waals surface area contributed by atoms with Crippen LogP contribution in [0.5, 0.6) is 0 Å². The largest absolute Gasteiger partial charge is 0.384 e. The van der Waals surface area contributed by atoms with Crippen molar-refractivity contribution in [1.29, 1.82) is 0 Å². The summed E-state index contributed by atoms with van der Waals surface area (Å²) in [5, 5.41) is 6.76. The molecule has 0 unspecified atom stereocenters. The van der Waals surface area contributed by atoms with Gasteiger partial charge in [0.2, 0.25) is 0 Å². The van der Waals surface area contributed by atoms with Gasteiger partial charge in [-0.2, -0.15) is 0 Å². The second-order valence-electron chi connectivity index (χ2n) is 5.03. The first-order chi connectivity index (χ1) is 9.54. The fraction of sp³-hybridized carbons (Fsp3) is 0.533. The van der Waals surface area contributed by atoms with E-state index in [2.05, 4.69) is 22.5 Å². The number of hydrogen-bond acceptors (Lipinski definition) is 3. The molecule has 0 saturated heterocycles. The number of halogens is 1. The molecule has 2 N–H and O–H groups in total. The van der Waals surface area contributed by atoms with E-state index in [4.69, 9.17) is 11.6 Å². The van der Waals surface area contributed by atoms with Crippen molar-refractivity contribution in [3.05, 3.63) is 28.8 Å². The van der Waals surface area contributed by atoms with Gasteiger partial charge in [-0.25, -0.2) is 0 Å². The maximum atomic E-state index is 12.2. The monoisotopic (exact) mass is 297 g/mol. The van der Waals surface area contributed by atoms with Crippen molar-refractivity contribution in [3.63, 3.8) is 0 Å². The molecule has 112 valence electrons. The third-order valence-electron chi connectivity index (χ3n) is 2.86. The average Bonchev–Trinajstić information content (AvgIpc) is 2.41. The molecule has 5 heteroatoms. The first kappa shape index (κ1) is 16.8. The number of carbonyl (C=O) groups is 1. The van der Waals surface area contributed by atoms with E-state index in [9.17, 15) is 4.79 Å². The highest BCUT2D eigenvalue weighted by Gasteiger charge is 2.11. The molecule has 20 heavy (non-hydrogen) atoms. The molecule has 0 aliphatic carbocycles. The average molecular weight is 298 g/mol. The van der Waals surface area contributed by atoms with Crippen LogP contribution in [-0.2, 0) is 0 Å². The van der Waals surface area contributed by atoms with E-state index in [1.807, 2.05) is 20.2 Å². The molecular weight excluding hydrogens is 274 g/mol. The maximum absolute atomic E-state index is 12.2. The summed E-state index contributed by atoms with van der Waals surface area (Å²) in [7, 11) is 4.04. The molecule has 0 aromatic heterocycles. The van der Waals surface area contributed by atoms with E-state index in [-0.39, 0.29) is 5.91 Å². The molecule has 0 saturated carbocycles. The minimum absolute atomic E-state index is 0.0788. The molecular formula is C15H24ClN3O. The van der Waals surface area contributed by atoms with E-state index in [1.165, 1.54) is 0 Å². The number of nitrogens with one attached hydrogen (secondary N) is 2. The predicted molar refractivity (Wildman–Crippen MR) is 85.7 cm³/mol. The lowest BCUT2D eigenvalue weighted by Crippen LogP contribution is -2.27. The summed E-state index contributed by atoms with van der Waals surface area (Å²) < 4.78 is 0. The van der Waals surface area contributed by atoms with Crippen LogP contribution in [0.15, 0.2) is 18.2 Å². The molecule has 0 radical (unpaired) electrons. The molecule has 0 bridgehead atoms. The van der Waals surface area contributed by atoms with Crippen LogP contribution < -0.4 is 10.6 Å². The van der Waals surface area contributed by atoms with Gasteiger partial charge in [0.1, 0.15) is 0 Å². The number of rotatable bonds is 8. The van der Waals surface area contributed by atoms with Crippen molar-refractivity contribution >= 4 is 23.2 Å². The molecule has 0 aliphatic heterocycles. The van der Waals surface area contributed by atoms with Crippen molar-refractivity contribution in [1.82, 2.24) is 10.2 Å². The van der Waals surface area contributed by atoms with Crippen LogP contribution >= 0.6 is 11.6 Å². The highest BCUT2D eigenvalue weighted by Crippen LogP contribution is 2.20. The Bertz CT molecular complexity index is 435. The third-order valence-corrected chi connectivity index (χ3v) is 3.09. The van der Waals surface area contributed by atoms with Gasteiger partial charge in [-0.1, -0.05) is 18.5 Å². The fourth-order valence-corrected chi connectivity index (χ4v) is 1.98. The highest BCUT2D eigenvalue weighted by molar-refractivity contribution is 6.31. The van der Waals surface area contributed by atoms with E-state index in [0.29, 0.717) is 17.1 Å². The summed E-state index contributed by atoms with van der Waals surface area (Å²) in [6.07, 6.45) is 1.93. The normalized spacial score (nSPS) is 10.7. The molecule has 1 aromatic carbocycles. The fourth-order valence-electron chi connectivity index (χ4n) is 1.81. The van der Waals surface area contributed by atoms with Gasteiger partial charge in [0.05, 0.1) is 5.56 Å². The Kier molecular flexibility index (Phi) is 7.41. The van der Waals surface area contributed by atoms with E-state index >= 15 is 0 Å². The van der Waals surface area contributed by atoms with Crippen LogP contribution in [-0.4, -0.2) is 44.5 Å². The standard InChI is InChI=1S/C15H24ClN3O/c1-4-8-17-14-7-6-12(16)11-13(14)15(20)18-9-5-10-19(2)3/h6-7,11,17H,4-5,8-10H2,1-3H3,(H,18,20). The quantitative estimate of drug-likeness (QED) is 0.725. The first-order valence-electron chi connectivity index (χ1n) is 7.01. The number of nitrogens with zero attached hydrogens (tertiary/aromatic N) is 1. The number of benzene rings is 1. The topological polar surface area (TPSA) is 44.4 Å². The lowest BCUT2D eigenvalue weighted by Gasteiger charge is -2.13. The molecule has 1 aromatic rings. The summed E-state index contributed by atoms with van der Waals surface area (Å²) >= 11 is 5.98. The number of hydrogen-bond donors (Lipinski definition) is 2. The molecule has 1 rings (SSSR count). The van der Waals surface area contributed by atoms with Gasteiger partial charge in [-0.05, 0) is 51.7 Å². The zero-order valence-electron chi connectivity index (χ0n) is 12.5.